The van der Waals surface area contributed by atoms with Crippen molar-refractivity contribution in [1.29, 1.82) is 0 Å². The topological polar surface area (TPSA) is 75.6 Å². The maximum absolute atomic E-state index is 11.2. The molecule has 0 saturated heterocycles. The number of methoxy groups -OCH3 is 1. The van der Waals surface area contributed by atoms with Crippen LogP contribution in [0.25, 0.3) is 0 Å². The van der Waals surface area contributed by atoms with E-state index < -0.39 is 12.7 Å². The van der Waals surface area contributed by atoms with E-state index >= 15 is 0 Å². The van der Waals surface area contributed by atoms with Gasteiger partial charge in [0.1, 0.15) is 6.61 Å². The molecule has 0 radical (unpaired) electrons. The smallest absolute Gasteiger partial charge is 0.411 e. The molecule has 0 aliphatic rings. The molecule has 0 bridgehead atoms. The van der Waals surface area contributed by atoms with Crippen molar-refractivity contribution >= 4 is 17.6 Å². The van der Waals surface area contributed by atoms with Crippen molar-refractivity contribution in [2.24, 2.45) is 0 Å². The highest BCUT2D eigenvalue weighted by Crippen LogP contribution is 2.14. The van der Waals surface area contributed by atoms with Gasteiger partial charge in [0.25, 0.3) is 0 Å². The van der Waals surface area contributed by atoms with E-state index in [2.05, 4.69) is 10.1 Å². The Morgan fingerprint density at radius 3 is 1.88 bits per heavy atom. The predicted molar refractivity (Wildman–Crippen MR) is 101 cm³/mol. The minimum Gasteiger partial charge on any atom is -0.453 e. The van der Waals surface area contributed by atoms with Crippen molar-refractivity contribution in [3.8, 4) is 0 Å². The van der Waals surface area contributed by atoms with Gasteiger partial charge in [0.2, 0.25) is 0 Å². The SMILES string of the molecule is COC(=O)Nc1ccc(CCCCc2ccc(CC(=O)CO)cc2)cc1. The average molecular weight is 355 g/mol. The number of rotatable bonds is 9. The van der Waals surface area contributed by atoms with Crippen molar-refractivity contribution in [2.75, 3.05) is 19.0 Å². The van der Waals surface area contributed by atoms with E-state index in [1.165, 1.54) is 18.2 Å². The van der Waals surface area contributed by atoms with Crippen LogP contribution < -0.4 is 5.32 Å². The highest BCUT2D eigenvalue weighted by molar-refractivity contribution is 5.84. The van der Waals surface area contributed by atoms with Crippen LogP contribution in [-0.4, -0.2) is 30.7 Å². The maximum atomic E-state index is 11.2. The molecule has 2 rings (SSSR count). The number of Topliss-reactive ketones (excluding diaryl/α,β-unsaturated/α-hetero) is 1. The standard InChI is InChI=1S/C21H25NO4/c1-26-21(25)22-19-12-10-17(11-13-19)5-3-2-4-16-6-8-18(9-7-16)14-20(24)15-23/h6-13,23H,2-5,14-15H2,1H3,(H,22,25). The summed E-state index contributed by atoms with van der Waals surface area (Å²) in [5.41, 5.74) is 4.15. The van der Waals surface area contributed by atoms with E-state index in [0.29, 0.717) is 0 Å². The van der Waals surface area contributed by atoms with Crippen LogP contribution in [0.2, 0.25) is 0 Å². The summed E-state index contributed by atoms with van der Waals surface area (Å²) >= 11 is 0. The summed E-state index contributed by atoms with van der Waals surface area (Å²) in [6, 6.07) is 15.8. The minimum absolute atomic E-state index is 0.162. The fourth-order valence-corrected chi connectivity index (χ4v) is 2.69. The largest absolute Gasteiger partial charge is 0.453 e. The van der Waals surface area contributed by atoms with Gasteiger partial charge < -0.3 is 9.84 Å². The number of ether oxygens (including phenoxy) is 1. The molecule has 0 aliphatic carbocycles. The molecule has 0 heterocycles. The van der Waals surface area contributed by atoms with E-state index in [1.54, 1.807) is 0 Å². The normalized spacial score (nSPS) is 10.4. The number of ketones is 1. The zero-order valence-electron chi connectivity index (χ0n) is 15.0. The first-order valence-corrected chi connectivity index (χ1v) is 8.75. The summed E-state index contributed by atoms with van der Waals surface area (Å²) in [7, 11) is 1.34. The number of unbranched alkanes of at least 4 members (excludes halogenated alkanes) is 1. The first-order chi connectivity index (χ1) is 12.6. The molecule has 0 atom stereocenters. The van der Waals surface area contributed by atoms with Gasteiger partial charge >= 0.3 is 6.09 Å². The number of nitrogens with one attached hydrogen (secondary N) is 1. The highest BCUT2D eigenvalue weighted by Gasteiger charge is 2.03. The van der Waals surface area contributed by atoms with Gasteiger partial charge in [-0.05, 0) is 54.5 Å². The predicted octanol–water partition coefficient (Wildman–Crippen LogP) is 3.53. The first-order valence-electron chi connectivity index (χ1n) is 8.75. The lowest BCUT2D eigenvalue weighted by atomic mass is 10.0. The van der Waals surface area contributed by atoms with Crippen molar-refractivity contribution < 1.29 is 19.4 Å². The molecule has 0 spiro atoms. The van der Waals surface area contributed by atoms with Crippen molar-refractivity contribution in [1.82, 2.24) is 0 Å². The minimum atomic E-state index is -0.468. The molecule has 5 heteroatoms. The second-order valence-corrected chi connectivity index (χ2v) is 6.21. The molecule has 0 saturated carbocycles. The van der Waals surface area contributed by atoms with Crippen LogP contribution in [0.1, 0.15) is 29.5 Å². The van der Waals surface area contributed by atoms with Gasteiger partial charge in [0.15, 0.2) is 5.78 Å². The van der Waals surface area contributed by atoms with E-state index in [1.807, 2.05) is 48.5 Å². The summed E-state index contributed by atoms with van der Waals surface area (Å²) < 4.78 is 4.56. The molecule has 2 N–H and O–H groups in total. The Balaban J connectivity index is 1.71. The van der Waals surface area contributed by atoms with Crippen LogP contribution in [0, 0.1) is 0 Å². The zero-order valence-corrected chi connectivity index (χ0v) is 15.0. The third kappa shape index (κ3) is 6.69. The Morgan fingerprint density at radius 2 is 1.38 bits per heavy atom. The second-order valence-electron chi connectivity index (χ2n) is 6.21. The van der Waals surface area contributed by atoms with E-state index in [9.17, 15) is 9.59 Å². The lowest BCUT2D eigenvalue weighted by Gasteiger charge is -2.06. The molecular weight excluding hydrogens is 330 g/mol. The molecule has 26 heavy (non-hydrogen) atoms. The number of hydrogen-bond donors (Lipinski definition) is 2. The summed E-state index contributed by atoms with van der Waals surface area (Å²) in [5.74, 6) is -0.162. The fraction of sp³-hybridized carbons (Fsp3) is 0.333. The van der Waals surface area contributed by atoms with Gasteiger partial charge in [-0.3, -0.25) is 10.1 Å². The van der Waals surface area contributed by atoms with Crippen LogP contribution in [-0.2, 0) is 28.8 Å². The highest BCUT2D eigenvalue weighted by atomic mass is 16.5. The lowest BCUT2D eigenvalue weighted by molar-refractivity contribution is -0.121. The molecule has 0 fully saturated rings. The zero-order chi connectivity index (χ0) is 18.8. The summed E-state index contributed by atoms with van der Waals surface area (Å²) in [4.78, 5) is 22.4. The number of amides is 1. The van der Waals surface area contributed by atoms with E-state index in [-0.39, 0.29) is 12.2 Å². The van der Waals surface area contributed by atoms with Crippen molar-refractivity contribution in [3.05, 3.63) is 65.2 Å². The molecule has 5 nitrogen and oxygen atoms in total. The number of aliphatic hydroxyl groups is 1. The Morgan fingerprint density at radius 1 is 0.885 bits per heavy atom. The fourth-order valence-electron chi connectivity index (χ4n) is 2.69. The Bertz CT molecular complexity index is 644. The molecule has 2 aromatic rings. The number of aryl methyl sites for hydroxylation is 2. The van der Waals surface area contributed by atoms with Gasteiger partial charge in [-0.15, -0.1) is 0 Å². The van der Waals surface area contributed by atoms with Crippen LogP contribution in [0.3, 0.4) is 0 Å². The molecular formula is C21H25NO4. The lowest BCUT2D eigenvalue weighted by Crippen LogP contribution is -2.10. The number of anilines is 1. The van der Waals surface area contributed by atoms with Gasteiger partial charge in [-0.2, -0.15) is 0 Å². The number of benzene rings is 2. The summed E-state index contributed by atoms with van der Waals surface area (Å²) in [5, 5.41) is 11.4. The number of hydrogen-bond acceptors (Lipinski definition) is 4. The Hall–Kier alpha value is -2.66. The van der Waals surface area contributed by atoms with Gasteiger partial charge in [-0.1, -0.05) is 36.4 Å². The Kier molecular flexibility index (Phi) is 7.83. The maximum Gasteiger partial charge on any atom is 0.411 e. The summed E-state index contributed by atoms with van der Waals surface area (Å²) in [6.07, 6.45) is 3.96. The van der Waals surface area contributed by atoms with Gasteiger partial charge in [-0.25, -0.2) is 4.79 Å². The third-order valence-corrected chi connectivity index (χ3v) is 4.17. The molecule has 1 amide bonds. The monoisotopic (exact) mass is 355 g/mol. The average Bonchev–Trinajstić information content (AvgIpc) is 2.67. The Labute approximate surface area is 154 Å². The van der Waals surface area contributed by atoms with Crippen LogP contribution in [0.15, 0.2) is 48.5 Å². The van der Waals surface area contributed by atoms with Crippen molar-refractivity contribution in [3.63, 3.8) is 0 Å². The molecule has 2 aromatic carbocycles. The first kappa shape index (κ1) is 19.7. The number of carbonyl (C=O) groups is 2. The quantitative estimate of drug-likeness (QED) is 0.675. The molecule has 0 unspecified atom stereocenters. The second kappa shape index (κ2) is 10.4. The van der Waals surface area contributed by atoms with Crippen LogP contribution in [0.4, 0.5) is 10.5 Å². The summed E-state index contributed by atoms with van der Waals surface area (Å²) in [6.45, 7) is -0.401. The third-order valence-electron chi connectivity index (χ3n) is 4.17. The number of aliphatic hydroxyl groups excluding tert-OH is 1. The number of carbonyl (C=O) groups excluding carboxylic acids is 2. The van der Waals surface area contributed by atoms with E-state index in [0.717, 1.165) is 36.9 Å². The van der Waals surface area contributed by atoms with Gasteiger partial charge in [0.05, 0.1) is 7.11 Å². The molecule has 0 aliphatic heterocycles. The molecule has 0 aromatic heterocycles. The van der Waals surface area contributed by atoms with Crippen molar-refractivity contribution in [2.45, 2.75) is 32.1 Å². The van der Waals surface area contributed by atoms with Crippen LogP contribution >= 0.6 is 0 Å². The van der Waals surface area contributed by atoms with E-state index in [4.69, 9.17) is 5.11 Å². The van der Waals surface area contributed by atoms with Gasteiger partial charge in [0, 0.05) is 12.1 Å². The molecule has 138 valence electrons. The van der Waals surface area contributed by atoms with Crippen LogP contribution in [0.5, 0.6) is 0 Å².